The fraction of sp³-hybridized carbons (Fsp3) is 0.0909. The van der Waals surface area contributed by atoms with Crippen molar-refractivity contribution in [2.24, 2.45) is 5.64 Å². The Hall–Kier alpha value is -1.68. The average Bonchev–Trinajstić information content (AvgIpc) is 2.28. The van der Waals surface area contributed by atoms with Crippen molar-refractivity contribution in [1.82, 2.24) is 4.98 Å². The molecular formula is C11H12BN3+. The van der Waals surface area contributed by atoms with E-state index in [9.17, 15) is 0 Å². The highest BCUT2D eigenvalue weighted by Gasteiger charge is 2.06. The van der Waals surface area contributed by atoms with E-state index in [1.54, 1.807) is 6.33 Å². The molecule has 0 bridgehead atoms. The number of hydrogen-bond acceptors (Lipinski definition) is 2. The van der Waals surface area contributed by atoms with Crippen molar-refractivity contribution in [3.05, 3.63) is 42.4 Å². The van der Waals surface area contributed by atoms with Crippen molar-refractivity contribution >= 4 is 24.5 Å². The molecule has 1 aromatic heterocycles. The molecule has 0 aliphatic rings. The van der Waals surface area contributed by atoms with E-state index in [0.717, 1.165) is 16.5 Å². The summed E-state index contributed by atoms with van der Waals surface area (Å²) in [5.41, 5.74) is 7.74. The fourth-order valence-electron chi connectivity index (χ4n) is 1.56. The van der Waals surface area contributed by atoms with Gasteiger partial charge in [-0.05, 0) is 24.6 Å². The number of benzene rings is 1. The highest BCUT2D eigenvalue weighted by Crippen LogP contribution is 2.11. The third kappa shape index (κ3) is 1.90. The van der Waals surface area contributed by atoms with Crippen molar-refractivity contribution in [3.8, 4) is 0 Å². The molecule has 0 spiro atoms. The molecule has 0 aliphatic heterocycles. The number of nitrogens with two attached hydrogens (primary N) is 1. The van der Waals surface area contributed by atoms with Crippen LogP contribution in [-0.4, -0.2) is 12.5 Å². The average molecular weight is 197 g/mol. The Bertz CT molecular complexity index is 508. The monoisotopic (exact) mass is 197 g/mol. The Kier molecular flexibility index (Phi) is 2.78. The molecule has 1 heterocycles. The Labute approximate surface area is 89.5 Å². The van der Waals surface area contributed by atoms with Gasteiger partial charge in [-0.25, -0.2) is 0 Å². The molecule has 0 amide bonds. The van der Waals surface area contributed by atoms with Gasteiger partial charge in [0.15, 0.2) is 6.20 Å². The number of aromatic nitrogens is 2. The lowest BCUT2D eigenvalue weighted by molar-refractivity contribution is -0.503. The Morgan fingerprint density at radius 1 is 1.47 bits per heavy atom. The second-order valence-electron chi connectivity index (χ2n) is 3.27. The molecule has 1 aromatic carbocycles. The number of rotatable bonds is 2. The number of hydrogen-bond donors (Lipinski definition) is 1. The normalized spacial score (nSPS) is 11.1. The molecule has 0 aliphatic carbocycles. The molecule has 2 N–H and O–H groups in total. The maximum absolute atomic E-state index is 5.52. The van der Waals surface area contributed by atoms with E-state index in [1.165, 1.54) is 7.55 Å². The van der Waals surface area contributed by atoms with Gasteiger partial charge >= 0.3 is 7.55 Å². The standard InChI is InChI=1S/C11H12BN3/c1-2-3-9-4-5-10-7-14-8-15(12-13)11(10)6-9/h2-8H,13H2,1H3/q+1/b3-2+. The van der Waals surface area contributed by atoms with Crippen LogP contribution in [0.2, 0.25) is 0 Å². The van der Waals surface area contributed by atoms with E-state index in [4.69, 9.17) is 5.64 Å². The summed E-state index contributed by atoms with van der Waals surface area (Å²) in [7, 11) is 1.51. The molecule has 3 nitrogen and oxygen atoms in total. The third-order valence-corrected chi connectivity index (χ3v) is 2.26. The molecule has 2 aromatic rings. The molecule has 73 valence electrons. The summed E-state index contributed by atoms with van der Waals surface area (Å²) in [6, 6.07) is 6.18. The minimum atomic E-state index is 1.06. The molecule has 0 unspecified atom stereocenters. The van der Waals surface area contributed by atoms with Crippen LogP contribution in [0.5, 0.6) is 0 Å². The smallest absolute Gasteiger partial charge is 0.330 e. The number of allylic oxidation sites excluding steroid dienone is 1. The molecule has 1 radical (unpaired) electrons. The van der Waals surface area contributed by atoms with E-state index in [1.807, 2.05) is 29.7 Å². The van der Waals surface area contributed by atoms with Gasteiger partial charge in [0, 0.05) is 0 Å². The Balaban J connectivity index is 2.67. The van der Waals surface area contributed by atoms with Gasteiger partial charge in [0.2, 0.25) is 0 Å². The van der Waals surface area contributed by atoms with Crippen LogP contribution < -0.4 is 10.1 Å². The van der Waals surface area contributed by atoms with Gasteiger partial charge in [-0.15, -0.1) is 0 Å². The molecule has 2 rings (SSSR count). The van der Waals surface area contributed by atoms with Gasteiger partial charge in [0.25, 0.3) is 6.33 Å². The predicted molar refractivity (Wildman–Crippen MR) is 62.0 cm³/mol. The summed E-state index contributed by atoms with van der Waals surface area (Å²) in [6.45, 7) is 2.00. The van der Waals surface area contributed by atoms with E-state index < -0.39 is 0 Å². The maximum atomic E-state index is 5.52. The predicted octanol–water partition coefficient (Wildman–Crippen LogP) is 0.896. The van der Waals surface area contributed by atoms with Crippen LogP contribution in [-0.2, 0) is 0 Å². The lowest BCUT2D eigenvalue weighted by atomic mass is 10.1. The summed E-state index contributed by atoms with van der Waals surface area (Å²) in [4.78, 5) is 4.09. The van der Waals surface area contributed by atoms with Crippen molar-refractivity contribution in [3.63, 3.8) is 0 Å². The van der Waals surface area contributed by atoms with Crippen LogP contribution in [0.1, 0.15) is 12.5 Å². The summed E-state index contributed by atoms with van der Waals surface area (Å²) in [6.07, 6.45) is 7.59. The number of nitrogens with zero attached hydrogens (tertiary/aromatic N) is 2. The highest BCUT2D eigenvalue weighted by molar-refractivity contribution is 6.20. The molecule has 0 saturated carbocycles. The van der Waals surface area contributed by atoms with E-state index >= 15 is 0 Å². The molecule has 0 fully saturated rings. The SMILES string of the molecule is C/C=C/c1ccc2cnc[n+]([B]N)c2c1. The summed E-state index contributed by atoms with van der Waals surface area (Å²) >= 11 is 0. The third-order valence-electron chi connectivity index (χ3n) is 2.26. The van der Waals surface area contributed by atoms with Gasteiger partial charge in [-0.3, -0.25) is 4.48 Å². The maximum Gasteiger partial charge on any atom is 0.501 e. The summed E-state index contributed by atoms with van der Waals surface area (Å²) in [5, 5.41) is 1.08. The van der Waals surface area contributed by atoms with Crippen molar-refractivity contribution in [1.29, 1.82) is 0 Å². The van der Waals surface area contributed by atoms with Gasteiger partial charge in [0.05, 0.1) is 5.39 Å². The quantitative estimate of drug-likeness (QED) is 0.726. The minimum absolute atomic E-state index is 1.06. The molecular weight excluding hydrogens is 185 g/mol. The zero-order chi connectivity index (χ0) is 10.7. The highest BCUT2D eigenvalue weighted by atomic mass is 15.0. The van der Waals surface area contributed by atoms with Crippen LogP contribution in [0.15, 0.2) is 36.8 Å². The van der Waals surface area contributed by atoms with Crippen molar-refractivity contribution < 1.29 is 4.48 Å². The van der Waals surface area contributed by atoms with E-state index in [2.05, 4.69) is 23.2 Å². The zero-order valence-electron chi connectivity index (χ0n) is 8.59. The summed E-state index contributed by atoms with van der Waals surface area (Å²) in [5.74, 6) is 0. The topological polar surface area (TPSA) is 42.8 Å². The van der Waals surface area contributed by atoms with Crippen LogP contribution >= 0.6 is 0 Å². The van der Waals surface area contributed by atoms with Crippen LogP contribution in [0.4, 0.5) is 0 Å². The van der Waals surface area contributed by atoms with Crippen molar-refractivity contribution in [2.45, 2.75) is 6.92 Å². The lowest BCUT2D eigenvalue weighted by Crippen LogP contribution is -2.46. The van der Waals surface area contributed by atoms with Crippen LogP contribution in [0.25, 0.3) is 17.0 Å². The van der Waals surface area contributed by atoms with Gasteiger partial charge in [-0.1, -0.05) is 23.2 Å². The first-order valence-electron chi connectivity index (χ1n) is 4.82. The minimum Gasteiger partial charge on any atom is -0.330 e. The van der Waals surface area contributed by atoms with E-state index in [-0.39, 0.29) is 0 Å². The lowest BCUT2D eigenvalue weighted by Gasteiger charge is -2.00. The van der Waals surface area contributed by atoms with Gasteiger partial charge < -0.3 is 5.64 Å². The van der Waals surface area contributed by atoms with Crippen LogP contribution in [0.3, 0.4) is 0 Å². The first kappa shape index (κ1) is 9.86. The Morgan fingerprint density at radius 3 is 3.07 bits per heavy atom. The van der Waals surface area contributed by atoms with Crippen LogP contribution in [0, 0.1) is 0 Å². The number of fused-ring (bicyclic) bond motifs is 1. The Morgan fingerprint density at radius 2 is 2.33 bits per heavy atom. The first-order valence-corrected chi connectivity index (χ1v) is 4.82. The van der Waals surface area contributed by atoms with Gasteiger partial charge in [-0.2, -0.15) is 0 Å². The molecule has 0 saturated heterocycles. The zero-order valence-corrected chi connectivity index (χ0v) is 8.59. The fourth-order valence-corrected chi connectivity index (χ4v) is 1.56. The first-order chi connectivity index (χ1) is 7.35. The second-order valence-corrected chi connectivity index (χ2v) is 3.27. The van der Waals surface area contributed by atoms with E-state index in [0.29, 0.717) is 0 Å². The molecule has 15 heavy (non-hydrogen) atoms. The molecule has 0 atom stereocenters. The second kappa shape index (κ2) is 4.23. The van der Waals surface area contributed by atoms with Crippen molar-refractivity contribution in [2.75, 3.05) is 0 Å². The van der Waals surface area contributed by atoms with Gasteiger partial charge in [0.1, 0.15) is 5.52 Å². The largest absolute Gasteiger partial charge is 0.501 e. The summed E-state index contributed by atoms with van der Waals surface area (Å²) < 4.78 is 1.81. The molecule has 4 heteroatoms.